The number of fused-ring (bicyclic) bond motifs is 3. The molecule has 0 spiro atoms. The lowest BCUT2D eigenvalue weighted by Gasteiger charge is -2.28. The van der Waals surface area contributed by atoms with E-state index in [0.29, 0.717) is 17.7 Å². The quantitative estimate of drug-likeness (QED) is 0.632. The van der Waals surface area contributed by atoms with E-state index in [2.05, 4.69) is 35.1 Å². The van der Waals surface area contributed by atoms with Crippen LogP contribution in [0.25, 0.3) is 17.0 Å². The van der Waals surface area contributed by atoms with Crippen molar-refractivity contribution in [3.05, 3.63) is 63.8 Å². The Kier molecular flexibility index (Phi) is 5.22. The highest BCUT2D eigenvalue weighted by Gasteiger charge is 2.23. The maximum atomic E-state index is 13.6. The molecule has 160 valence electrons. The molecule has 2 aliphatic rings. The van der Waals surface area contributed by atoms with Crippen LogP contribution < -0.4 is 15.2 Å². The van der Waals surface area contributed by atoms with E-state index in [1.165, 1.54) is 19.3 Å². The number of pyridine rings is 1. The van der Waals surface area contributed by atoms with Gasteiger partial charge in [0.1, 0.15) is 5.52 Å². The summed E-state index contributed by atoms with van der Waals surface area (Å²) in [5.74, 6) is 0.600. The Morgan fingerprint density at radius 3 is 2.74 bits per heavy atom. The molecule has 0 saturated heterocycles. The third-order valence-electron chi connectivity index (χ3n) is 6.59. The topological polar surface area (TPSA) is 60.3 Å². The number of rotatable bonds is 4. The lowest BCUT2D eigenvalue weighted by atomic mass is 9.93. The summed E-state index contributed by atoms with van der Waals surface area (Å²) in [7, 11) is 3.68. The second-order valence-corrected chi connectivity index (χ2v) is 8.61. The van der Waals surface area contributed by atoms with E-state index in [1.54, 1.807) is 13.4 Å². The highest BCUT2D eigenvalue weighted by atomic mass is 16.5. The van der Waals surface area contributed by atoms with Crippen molar-refractivity contribution in [3.8, 4) is 5.88 Å². The van der Waals surface area contributed by atoms with Gasteiger partial charge in [-0.1, -0.05) is 37.5 Å². The first kappa shape index (κ1) is 19.8. The molecular formula is C25H28N4O2. The summed E-state index contributed by atoms with van der Waals surface area (Å²) in [5, 5.41) is 0.713. The zero-order chi connectivity index (χ0) is 21.4. The van der Waals surface area contributed by atoms with Crippen LogP contribution in [-0.2, 0) is 6.42 Å². The maximum absolute atomic E-state index is 13.6. The van der Waals surface area contributed by atoms with E-state index in [4.69, 9.17) is 9.72 Å². The second-order valence-electron chi connectivity index (χ2n) is 8.61. The molecule has 0 unspecified atom stereocenters. The minimum absolute atomic E-state index is 0.0803. The van der Waals surface area contributed by atoms with E-state index in [1.807, 2.05) is 22.9 Å². The molecule has 1 aromatic carbocycles. The molecule has 0 N–H and O–H groups in total. The minimum Gasteiger partial charge on any atom is -0.481 e. The second kappa shape index (κ2) is 8.17. The van der Waals surface area contributed by atoms with Gasteiger partial charge in [0.05, 0.1) is 24.5 Å². The Morgan fingerprint density at radius 2 is 2.00 bits per heavy atom. The number of likely N-dealkylation sites (N-methyl/N-ethyl adjacent to an activating group) is 1. The molecule has 6 heteroatoms. The van der Waals surface area contributed by atoms with E-state index < -0.39 is 0 Å². The average molecular weight is 417 g/mol. The molecule has 1 aliphatic carbocycles. The lowest BCUT2D eigenvalue weighted by Crippen LogP contribution is -2.28. The molecule has 2 aromatic heterocycles. The lowest BCUT2D eigenvalue weighted by molar-refractivity contribution is 0.345. The van der Waals surface area contributed by atoms with E-state index in [-0.39, 0.29) is 11.6 Å². The maximum Gasteiger partial charge on any atom is 0.261 e. The van der Waals surface area contributed by atoms with Crippen LogP contribution in [0.3, 0.4) is 0 Å². The Bertz CT molecular complexity index is 1190. The van der Waals surface area contributed by atoms with Gasteiger partial charge in [0.15, 0.2) is 0 Å². The minimum atomic E-state index is 0.0803. The van der Waals surface area contributed by atoms with Gasteiger partial charge in [0.2, 0.25) is 5.88 Å². The van der Waals surface area contributed by atoms with Gasteiger partial charge < -0.3 is 9.64 Å². The fourth-order valence-electron chi connectivity index (χ4n) is 4.95. The molecule has 1 aliphatic heterocycles. The first-order valence-corrected chi connectivity index (χ1v) is 11.1. The Morgan fingerprint density at radius 1 is 1.16 bits per heavy atom. The summed E-state index contributed by atoms with van der Waals surface area (Å²) in [6, 6.07) is 6.22. The molecule has 1 fully saturated rings. The van der Waals surface area contributed by atoms with Crippen molar-refractivity contribution in [2.45, 2.75) is 44.6 Å². The molecule has 3 aromatic rings. The number of benzene rings is 1. The smallest absolute Gasteiger partial charge is 0.261 e. The predicted octanol–water partition coefficient (Wildman–Crippen LogP) is 4.36. The van der Waals surface area contributed by atoms with Crippen LogP contribution in [0.1, 0.15) is 54.8 Å². The van der Waals surface area contributed by atoms with Gasteiger partial charge in [-0.05, 0) is 36.5 Å². The van der Waals surface area contributed by atoms with Crippen LogP contribution in [0, 0.1) is 0 Å². The van der Waals surface area contributed by atoms with Crippen LogP contribution >= 0.6 is 0 Å². The van der Waals surface area contributed by atoms with E-state index in [9.17, 15) is 4.79 Å². The van der Waals surface area contributed by atoms with Gasteiger partial charge in [-0.15, -0.1) is 0 Å². The number of hydrogen-bond donors (Lipinski definition) is 0. The van der Waals surface area contributed by atoms with Gasteiger partial charge >= 0.3 is 0 Å². The van der Waals surface area contributed by atoms with Gasteiger partial charge in [-0.25, -0.2) is 9.97 Å². The monoisotopic (exact) mass is 416 g/mol. The number of anilines is 1. The Labute approximate surface area is 182 Å². The molecule has 1 saturated carbocycles. The van der Waals surface area contributed by atoms with Gasteiger partial charge in [-0.2, -0.15) is 0 Å². The highest BCUT2D eigenvalue weighted by Crippen LogP contribution is 2.36. The summed E-state index contributed by atoms with van der Waals surface area (Å²) in [6.45, 7) is 0.809. The molecule has 0 bridgehead atoms. The molecule has 0 radical (unpaired) electrons. The Balaban J connectivity index is 1.66. The van der Waals surface area contributed by atoms with Crippen molar-refractivity contribution < 1.29 is 4.74 Å². The first-order chi connectivity index (χ1) is 15.2. The van der Waals surface area contributed by atoms with Crippen molar-refractivity contribution in [1.82, 2.24) is 14.5 Å². The van der Waals surface area contributed by atoms with Crippen LogP contribution in [0.4, 0.5) is 5.69 Å². The number of hydrogen-bond acceptors (Lipinski definition) is 5. The standard InChI is InChI=1S/C25H28N4O2/c1-28-12-6-9-20-18(13-17-10-11-22(31-2)26-15-17)14-21-23(24(20)28)27-16-29(25(21)30)19-7-4-3-5-8-19/h6,9-11,14-16,19H,3-5,7-8,12-13H2,1-2H3. The van der Waals surface area contributed by atoms with E-state index in [0.717, 1.165) is 47.3 Å². The van der Waals surface area contributed by atoms with Crippen molar-refractivity contribution in [3.63, 3.8) is 0 Å². The van der Waals surface area contributed by atoms with Crippen molar-refractivity contribution in [1.29, 1.82) is 0 Å². The van der Waals surface area contributed by atoms with Crippen molar-refractivity contribution in [2.24, 2.45) is 0 Å². The van der Waals surface area contributed by atoms with Crippen molar-refractivity contribution in [2.75, 3.05) is 25.6 Å². The van der Waals surface area contributed by atoms with Crippen LogP contribution in [0.15, 0.2) is 41.6 Å². The van der Waals surface area contributed by atoms with E-state index >= 15 is 0 Å². The summed E-state index contributed by atoms with van der Waals surface area (Å²) in [6.07, 6.45) is 14.4. The third-order valence-corrected chi connectivity index (χ3v) is 6.59. The number of ether oxygens (including phenoxy) is 1. The van der Waals surface area contributed by atoms with Gasteiger partial charge in [-0.3, -0.25) is 9.36 Å². The highest BCUT2D eigenvalue weighted by molar-refractivity contribution is 5.97. The first-order valence-electron chi connectivity index (χ1n) is 11.1. The van der Waals surface area contributed by atoms with Gasteiger partial charge in [0.25, 0.3) is 5.56 Å². The summed E-state index contributed by atoms with van der Waals surface area (Å²) >= 11 is 0. The molecule has 3 heterocycles. The Hall–Kier alpha value is -3.15. The van der Waals surface area contributed by atoms with Gasteiger partial charge in [0, 0.05) is 37.5 Å². The number of methoxy groups -OCH3 is 1. The largest absolute Gasteiger partial charge is 0.481 e. The summed E-state index contributed by atoms with van der Waals surface area (Å²) in [5.41, 5.74) is 5.27. The molecule has 0 atom stereocenters. The van der Waals surface area contributed by atoms with Crippen LogP contribution in [-0.4, -0.2) is 35.2 Å². The SMILES string of the molecule is COc1ccc(Cc2cc3c(=O)n(C4CCCCC4)cnc3c3c2C=CCN3C)cn1. The van der Waals surface area contributed by atoms with Crippen LogP contribution in [0.5, 0.6) is 5.88 Å². The van der Waals surface area contributed by atoms with Crippen molar-refractivity contribution >= 4 is 22.7 Å². The summed E-state index contributed by atoms with van der Waals surface area (Å²) < 4.78 is 7.07. The summed E-state index contributed by atoms with van der Waals surface area (Å²) in [4.78, 5) is 24.9. The fourth-order valence-corrected chi connectivity index (χ4v) is 4.95. The fraction of sp³-hybridized carbons (Fsp3) is 0.400. The molecule has 0 amide bonds. The third kappa shape index (κ3) is 3.60. The molecule has 6 nitrogen and oxygen atoms in total. The predicted molar refractivity (Wildman–Crippen MR) is 124 cm³/mol. The zero-order valence-corrected chi connectivity index (χ0v) is 18.2. The molecule has 5 rings (SSSR count). The zero-order valence-electron chi connectivity index (χ0n) is 18.2. The number of nitrogens with zero attached hydrogens (tertiary/aromatic N) is 4. The molecular weight excluding hydrogens is 388 g/mol. The van der Waals surface area contributed by atoms with Crippen LogP contribution in [0.2, 0.25) is 0 Å². The molecule has 31 heavy (non-hydrogen) atoms. The normalized spacial score (nSPS) is 16.5. The number of aromatic nitrogens is 3. The average Bonchev–Trinajstić information content (AvgIpc) is 2.81.